The van der Waals surface area contributed by atoms with Crippen molar-refractivity contribution in [3.05, 3.63) is 34.6 Å². The number of hydrogen-bond donors (Lipinski definition) is 1. The molecule has 1 aromatic carbocycles. The second-order valence-electron chi connectivity index (χ2n) is 5.48. The summed E-state index contributed by atoms with van der Waals surface area (Å²) in [6, 6.07) is 7.53. The Morgan fingerprint density at radius 1 is 1.28 bits per heavy atom. The minimum absolute atomic E-state index is 0.0360. The smallest absolute Gasteiger partial charge is 0.306 e. The van der Waals surface area contributed by atoms with Crippen LogP contribution in [0, 0.1) is 0 Å². The van der Waals surface area contributed by atoms with Crippen LogP contribution in [0.5, 0.6) is 0 Å². The molecule has 0 atom stereocenters. The van der Waals surface area contributed by atoms with Gasteiger partial charge in [-0.1, -0.05) is 39.6 Å². The van der Waals surface area contributed by atoms with Crippen molar-refractivity contribution in [2.24, 2.45) is 0 Å². The summed E-state index contributed by atoms with van der Waals surface area (Å²) < 4.78 is 11.1. The quantitative estimate of drug-likeness (QED) is 0.504. The molecule has 134 valence electrons. The summed E-state index contributed by atoms with van der Waals surface area (Å²) in [5.74, 6) is 0.363. The van der Waals surface area contributed by atoms with Crippen LogP contribution in [0.3, 0.4) is 0 Å². The van der Waals surface area contributed by atoms with Crippen molar-refractivity contribution in [2.45, 2.75) is 39.2 Å². The highest BCUT2D eigenvalue weighted by Crippen LogP contribution is 2.20. The lowest BCUT2D eigenvalue weighted by Crippen LogP contribution is -2.20. The first-order valence-electron chi connectivity index (χ1n) is 8.03. The Bertz CT molecular complexity index is 717. The predicted molar refractivity (Wildman–Crippen MR) is 94.4 cm³/mol. The van der Waals surface area contributed by atoms with Gasteiger partial charge in [-0.25, -0.2) is 0 Å². The lowest BCUT2D eigenvalue weighted by molar-refractivity contribution is -0.145. The van der Waals surface area contributed by atoms with E-state index in [1.54, 1.807) is 0 Å². The fourth-order valence-electron chi connectivity index (χ4n) is 2.11. The molecule has 0 spiro atoms. The zero-order chi connectivity index (χ0) is 18.1. The number of ether oxygens (including phenoxy) is 1. The molecule has 0 aliphatic rings. The van der Waals surface area contributed by atoms with E-state index in [4.69, 9.17) is 9.26 Å². The van der Waals surface area contributed by atoms with Crippen LogP contribution in [0.2, 0.25) is 0 Å². The number of carbonyl (C=O) groups is 2. The van der Waals surface area contributed by atoms with E-state index in [1.165, 1.54) is 6.92 Å². The first kappa shape index (κ1) is 19.1. The Kier molecular flexibility index (Phi) is 7.59. The standard InChI is InChI=1S/C17H20BrN3O4/c1-12(22)19-9-4-2-3-8-16(23)24-11-15-20-17(21-25-15)13-6-5-7-14(18)10-13/h5-7,10H,2-4,8-9,11H2,1H3,(H,19,22). The highest BCUT2D eigenvalue weighted by Gasteiger charge is 2.11. The molecule has 0 saturated heterocycles. The van der Waals surface area contributed by atoms with Crippen LogP contribution in [0.15, 0.2) is 33.3 Å². The second kappa shape index (κ2) is 9.93. The van der Waals surface area contributed by atoms with Crippen LogP contribution >= 0.6 is 15.9 Å². The topological polar surface area (TPSA) is 94.3 Å². The van der Waals surface area contributed by atoms with Crippen molar-refractivity contribution >= 4 is 27.8 Å². The molecule has 1 heterocycles. The minimum atomic E-state index is -0.304. The Balaban J connectivity index is 1.68. The average Bonchev–Trinajstić information content (AvgIpc) is 3.05. The molecule has 0 fully saturated rings. The Hall–Kier alpha value is -2.22. The Morgan fingerprint density at radius 2 is 2.12 bits per heavy atom. The maximum absolute atomic E-state index is 11.7. The van der Waals surface area contributed by atoms with Gasteiger partial charge in [0.05, 0.1) is 0 Å². The van der Waals surface area contributed by atoms with Gasteiger partial charge in [0.25, 0.3) is 5.89 Å². The predicted octanol–water partition coefficient (Wildman–Crippen LogP) is 3.24. The molecule has 1 amide bonds. The molecule has 1 aromatic heterocycles. The summed E-state index contributed by atoms with van der Waals surface area (Å²) in [6.07, 6.45) is 2.73. The number of esters is 1. The molecule has 0 aliphatic carbocycles. The SMILES string of the molecule is CC(=O)NCCCCCC(=O)OCc1nc(-c2cccc(Br)c2)no1. The zero-order valence-corrected chi connectivity index (χ0v) is 15.5. The monoisotopic (exact) mass is 409 g/mol. The first-order chi connectivity index (χ1) is 12.0. The van der Waals surface area contributed by atoms with Crippen LogP contribution in [0.25, 0.3) is 11.4 Å². The van der Waals surface area contributed by atoms with Gasteiger partial charge in [-0.05, 0) is 25.0 Å². The largest absolute Gasteiger partial charge is 0.456 e. The number of nitrogens with one attached hydrogen (secondary N) is 1. The van der Waals surface area contributed by atoms with Crippen LogP contribution < -0.4 is 5.32 Å². The van der Waals surface area contributed by atoms with Crippen molar-refractivity contribution in [3.8, 4) is 11.4 Å². The third-order valence-corrected chi connectivity index (χ3v) is 3.83. The second-order valence-corrected chi connectivity index (χ2v) is 6.39. The van der Waals surface area contributed by atoms with Crippen molar-refractivity contribution in [2.75, 3.05) is 6.54 Å². The van der Waals surface area contributed by atoms with E-state index >= 15 is 0 Å². The number of nitrogens with zero attached hydrogens (tertiary/aromatic N) is 2. The summed E-state index contributed by atoms with van der Waals surface area (Å²) in [6.45, 7) is 2.08. The van der Waals surface area contributed by atoms with Crippen LogP contribution in [0.4, 0.5) is 0 Å². The third kappa shape index (κ3) is 7.04. The number of carbonyl (C=O) groups excluding carboxylic acids is 2. The maximum Gasteiger partial charge on any atom is 0.306 e. The highest BCUT2D eigenvalue weighted by atomic mass is 79.9. The van der Waals surface area contributed by atoms with Gasteiger partial charge in [-0.3, -0.25) is 9.59 Å². The molecule has 25 heavy (non-hydrogen) atoms. The molecule has 0 unspecified atom stereocenters. The van der Waals surface area contributed by atoms with Crippen LogP contribution in [0.1, 0.15) is 38.5 Å². The molecule has 0 bridgehead atoms. The number of aromatic nitrogens is 2. The van der Waals surface area contributed by atoms with Gasteiger partial charge in [0, 0.05) is 29.9 Å². The minimum Gasteiger partial charge on any atom is -0.456 e. The highest BCUT2D eigenvalue weighted by molar-refractivity contribution is 9.10. The van der Waals surface area contributed by atoms with E-state index in [0.29, 0.717) is 25.2 Å². The lowest BCUT2D eigenvalue weighted by Gasteiger charge is -2.03. The van der Waals surface area contributed by atoms with Crippen molar-refractivity contribution in [1.82, 2.24) is 15.5 Å². The van der Waals surface area contributed by atoms with Crippen LogP contribution in [-0.4, -0.2) is 28.6 Å². The molecular weight excluding hydrogens is 390 g/mol. The Labute approximate surface area is 154 Å². The molecule has 2 aromatic rings. The van der Waals surface area contributed by atoms with E-state index in [-0.39, 0.29) is 24.4 Å². The molecule has 0 radical (unpaired) electrons. The van der Waals surface area contributed by atoms with E-state index < -0.39 is 0 Å². The van der Waals surface area contributed by atoms with Crippen molar-refractivity contribution in [1.29, 1.82) is 0 Å². The summed E-state index contributed by atoms with van der Waals surface area (Å²) >= 11 is 3.39. The van der Waals surface area contributed by atoms with Gasteiger partial charge in [-0.15, -0.1) is 0 Å². The summed E-state index contributed by atoms with van der Waals surface area (Å²) in [7, 11) is 0. The number of unbranched alkanes of at least 4 members (excludes halogenated alkanes) is 2. The average molecular weight is 410 g/mol. The van der Waals surface area contributed by atoms with Crippen molar-refractivity contribution in [3.63, 3.8) is 0 Å². The van der Waals surface area contributed by atoms with E-state index in [9.17, 15) is 9.59 Å². The molecule has 7 nitrogen and oxygen atoms in total. The van der Waals surface area contributed by atoms with Gasteiger partial charge in [-0.2, -0.15) is 4.98 Å². The van der Waals surface area contributed by atoms with E-state index in [1.807, 2.05) is 24.3 Å². The number of halogens is 1. The number of rotatable bonds is 9. The summed E-state index contributed by atoms with van der Waals surface area (Å²) in [5.41, 5.74) is 0.815. The third-order valence-electron chi connectivity index (χ3n) is 3.34. The first-order valence-corrected chi connectivity index (χ1v) is 8.82. The zero-order valence-electron chi connectivity index (χ0n) is 14.0. The summed E-state index contributed by atoms with van der Waals surface area (Å²) in [5, 5.41) is 6.60. The molecule has 0 saturated carbocycles. The van der Waals surface area contributed by atoms with Gasteiger partial charge in [0.2, 0.25) is 11.7 Å². The van der Waals surface area contributed by atoms with E-state index in [0.717, 1.165) is 22.9 Å². The van der Waals surface area contributed by atoms with Crippen LogP contribution in [-0.2, 0) is 20.9 Å². The molecule has 2 rings (SSSR count). The summed E-state index contributed by atoms with van der Waals surface area (Å²) in [4.78, 5) is 26.6. The molecule has 8 heteroatoms. The Morgan fingerprint density at radius 3 is 2.88 bits per heavy atom. The number of benzene rings is 1. The molecule has 0 aliphatic heterocycles. The normalized spacial score (nSPS) is 10.5. The van der Waals surface area contributed by atoms with E-state index in [2.05, 4.69) is 31.4 Å². The molecule has 1 N–H and O–H groups in total. The van der Waals surface area contributed by atoms with Gasteiger partial charge < -0.3 is 14.6 Å². The fourth-order valence-corrected chi connectivity index (χ4v) is 2.51. The lowest BCUT2D eigenvalue weighted by atomic mass is 10.2. The fraction of sp³-hybridized carbons (Fsp3) is 0.412. The maximum atomic E-state index is 11.7. The van der Waals surface area contributed by atoms with Gasteiger partial charge >= 0.3 is 5.97 Å². The number of amides is 1. The molecular formula is C17H20BrN3O4. The van der Waals surface area contributed by atoms with Gasteiger partial charge in [0.15, 0.2) is 6.61 Å². The number of hydrogen-bond acceptors (Lipinski definition) is 6. The van der Waals surface area contributed by atoms with Crippen molar-refractivity contribution < 1.29 is 18.8 Å². The van der Waals surface area contributed by atoms with Gasteiger partial charge in [0.1, 0.15) is 0 Å².